The number of nitrogens with zero attached hydrogens (tertiary/aromatic N) is 1. The third-order valence-corrected chi connectivity index (χ3v) is 2.68. The molecule has 1 aromatic carbocycles. The summed E-state index contributed by atoms with van der Waals surface area (Å²) in [6, 6.07) is 10.1. The number of aromatic nitrogens is 1. The summed E-state index contributed by atoms with van der Waals surface area (Å²) in [6.45, 7) is 0.474. The maximum absolute atomic E-state index is 11.1. The molecule has 0 atom stereocenters. The van der Waals surface area contributed by atoms with Crippen LogP contribution in [0.2, 0.25) is 0 Å². The van der Waals surface area contributed by atoms with Gasteiger partial charge in [-0.05, 0) is 18.2 Å². The molecule has 0 saturated carbocycles. The van der Waals surface area contributed by atoms with Crippen molar-refractivity contribution in [3.8, 4) is 0 Å². The molecule has 0 saturated heterocycles. The molecule has 1 heterocycles. The van der Waals surface area contributed by atoms with Gasteiger partial charge >= 0.3 is 5.97 Å². The minimum absolute atomic E-state index is 0.216. The van der Waals surface area contributed by atoms with Gasteiger partial charge in [-0.25, -0.2) is 4.79 Å². The number of pyridine rings is 1. The number of nitrogens with two attached hydrogens (primary N) is 1. The lowest BCUT2D eigenvalue weighted by molar-refractivity contribution is -0.688. The van der Waals surface area contributed by atoms with Gasteiger partial charge in [-0.15, -0.1) is 0 Å². The molecule has 0 radical (unpaired) electrons. The Hall–Kier alpha value is -2.69. The summed E-state index contributed by atoms with van der Waals surface area (Å²) in [7, 11) is 0. The van der Waals surface area contributed by atoms with E-state index in [1.165, 1.54) is 6.07 Å². The number of rotatable bonds is 4. The highest BCUT2D eigenvalue weighted by Gasteiger charge is 2.10. The van der Waals surface area contributed by atoms with Crippen LogP contribution in [0.1, 0.15) is 26.3 Å². The number of hydrogen-bond acceptors (Lipinski definition) is 2. The second-order valence-electron chi connectivity index (χ2n) is 4.13. The van der Waals surface area contributed by atoms with Crippen molar-refractivity contribution < 1.29 is 19.3 Å². The Kier molecular flexibility index (Phi) is 3.56. The van der Waals surface area contributed by atoms with Crippen LogP contribution in [0.5, 0.6) is 0 Å². The molecule has 0 spiro atoms. The summed E-state index contributed by atoms with van der Waals surface area (Å²) < 4.78 is 1.74. The van der Waals surface area contributed by atoms with E-state index < -0.39 is 11.9 Å². The molecule has 2 rings (SSSR count). The van der Waals surface area contributed by atoms with Gasteiger partial charge in [0.2, 0.25) is 5.91 Å². The topological polar surface area (TPSA) is 84.3 Å². The largest absolute Gasteiger partial charge is 0.477 e. The Morgan fingerprint density at radius 3 is 2.58 bits per heavy atom. The highest BCUT2D eigenvalue weighted by atomic mass is 16.4. The molecule has 0 bridgehead atoms. The highest BCUT2D eigenvalue weighted by Crippen LogP contribution is 2.04. The van der Waals surface area contributed by atoms with E-state index in [9.17, 15) is 9.59 Å². The zero-order valence-corrected chi connectivity index (χ0v) is 10.1. The molecular weight excluding hydrogens is 244 g/mol. The molecule has 0 aliphatic heterocycles. The smallest absolute Gasteiger partial charge is 0.341 e. The Labute approximate surface area is 109 Å². The lowest BCUT2D eigenvalue weighted by Crippen LogP contribution is -2.34. The number of carboxylic acid groups (broad SMARTS) is 1. The van der Waals surface area contributed by atoms with Gasteiger partial charge < -0.3 is 10.8 Å². The van der Waals surface area contributed by atoms with Gasteiger partial charge in [0, 0.05) is 17.2 Å². The van der Waals surface area contributed by atoms with E-state index in [1.807, 2.05) is 6.07 Å². The number of aromatic carboxylic acids is 1. The molecule has 2 aromatic rings. The lowest BCUT2D eigenvalue weighted by Gasteiger charge is -2.01. The van der Waals surface area contributed by atoms with E-state index in [0.717, 1.165) is 5.56 Å². The van der Waals surface area contributed by atoms with Crippen molar-refractivity contribution >= 4 is 11.9 Å². The zero-order chi connectivity index (χ0) is 13.8. The number of hydrogen-bond donors (Lipinski definition) is 2. The molecule has 0 aliphatic carbocycles. The van der Waals surface area contributed by atoms with Crippen LogP contribution < -0.4 is 10.3 Å². The minimum atomic E-state index is -0.972. The standard InChI is InChI=1S/C14H12N2O3/c15-13(17)11-4-1-3-10(7-11)8-16-6-2-5-12(9-16)14(18)19/h1-7,9H,8H2,(H2-,15,17,18,19)/p+1. The quantitative estimate of drug-likeness (QED) is 0.795. The first-order valence-electron chi connectivity index (χ1n) is 5.67. The predicted molar refractivity (Wildman–Crippen MR) is 67.7 cm³/mol. The minimum Gasteiger partial charge on any atom is -0.477 e. The molecule has 0 aliphatic rings. The van der Waals surface area contributed by atoms with Gasteiger partial charge in [-0.1, -0.05) is 12.1 Å². The van der Waals surface area contributed by atoms with Crippen molar-refractivity contribution in [3.63, 3.8) is 0 Å². The van der Waals surface area contributed by atoms with Crippen molar-refractivity contribution in [1.82, 2.24) is 0 Å². The molecule has 3 N–H and O–H groups in total. The Morgan fingerprint density at radius 2 is 1.89 bits per heavy atom. The monoisotopic (exact) mass is 257 g/mol. The second kappa shape index (κ2) is 5.30. The van der Waals surface area contributed by atoms with Crippen molar-refractivity contribution in [1.29, 1.82) is 0 Å². The van der Waals surface area contributed by atoms with E-state index in [4.69, 9.17) is 10.8 Å². The zero-order valence-electron chi connectivity index (χ0n) is 10.1. The van der Waals surface area contributed by atoms with Crippen molar-refractivity contribution in [3.05, 3.63) is 65.5 Å². The first-order valence-corrected chi connectivity index (χ1v) is 5.67. The normalized spacial score (nSPS) is 10.1. The number of primary amides is 1. The Morgan fingerprint density at radius 1 is 1.16 bits per heavy atom. The number of carbonyl (C=O) groups is 2. The van der Waals surface area contributed by atoms with E-state index in [0.29, 0.717) is 12.1 Å². The van der Waals surface area contributed by atoms with Gasteiger partial charge in [0.1, 0.15) is 5.56 Å². The molecule has 0 fully saturated rings. The molecule has 19 heavy (non-hydrogen) atoms. The fourth-order valence-electron chi connectivity index (χ4n) is 1.78. The summed E-state index contributed by atoms with van der Waals surface area (Å²) in [6.07, 6.45) is 3.31. The van der Waals surface area contributed by atoms with Gasteiger partial charge in [0.15, 0.2) is 18.9 Å². The second-order valence-corrected chi connectivity index (χ2v) is 4.13. The number of carboxylic acids is 1. The number of amides is 1. The first kappa shape index (κ1) is 12.8. The Balaban J connectivity index is 2.26. The summed E-state index contributed by atoms with van der Waals surface area (Å²) >= 11 is 0. The average molecular weight is 257 g/mol. The van der Waals surface area contributed by atoms with E-state index >= 15 is 0 Å². The van der Waals surface area contributed by atoms with E-state index in [-0.39, 0.29) is 5.56 Å². The maximum atomic E-state index is 11.1. The third kappa shape index (κ3) is 3.16. The van der Waals surface area contributed by atoms with Crippen molar-refractivity contribution in [2.24, 2.45) is 5.73 Å². The van der Waals surface area contributed by atoms with Gasteiger partial charge in [-0.2, -0.15) is 4.57 Å². The van der Waals surface area contributed by atoms with E-state index in [2.05, 4.69) is 0 Å². The number of benzene rings is 1. The van der Waals surface area contributed by atoms with Crippen LogP contribution >= 0.6 is 0 Å². The molecule has 1 amide bonds. The summed E-state index contributed by atoms with van der Waals surface area (Å²) in [5.41, 5.74) is 6.75. The molecule has 5 heteroatoms. The van der Waals surface area contributed by atoms with Crippen LogP contribution in [0.4, 0.5) is 0 Å². The van der Waals surface area contributed by atoms with Crippen LogP contribution in [-0.4, -0.2) is 17.0 Å². The summed E-state index contributed by atoms with van der Waals surface area (Å²) in [5, 5.41) is 8.92. The van der Waals surface area contributed by atoms with Gasteiger partial charge in [0.25, 0.3) is 0 Å². The Bertz CT molecular complexity index is 583. The van der Waals surface area contributed by atoms with Gasteiger partial charge in [0.05, 0.1) is 0 Å². The number of carbonyl (C=O) groups excluding carboxylic acids is 1. The van der Waals surface area contributed by atoms with Crippen LogP contribution in [0.25, 0.3) is 0 Å². The molecule has 96 valence electrons. The molecule has 0 unspecified atom stereocenters. The summed E-state index contributed by atoms with van der Waals surface area (Å²) in [5.74, 6) is -1.45. The third-order valence-electron chi connectivity index (χ3n) is 2.68. The average Bonchev–Trinajstić information content (AvgIpc) is 2.39. The maximum Gasteiger partial charge on any atom is 0.341 e. The summed E-state index contributed by atoms with van der Waals surface area (Å²) in [4.78, 5) is 22.0. The van der Waals surface area contributed by atoms with Crippen molar-refractivity contribution in [2.75, 3.05) is 0 Å². The van der Waals surface area contributed by atoms with Crippen molar-refractivity contribution in [2.45, 2.75) is 6.54 Å². The lowest BCUT2D eigenvalue weighted by atomic mass is 10.1. The molecular formula is C14H13N2O3+. The SMILES string of the molecule is NC(=O)c1cccc(C[n+]2cccc(C(=O)O)c2)c1. The molecule has 1 aromatic heterocycles. The van der Waals surface area contributed by atoms with E-state index in [1.54, 1.807) is 41.2 Å². The van der Waals surface area contributed by atoms with Crippen LogP contribution in [0, 0.1) is 0 Å². The predicted octanol–water partition coefficient (Wildman–Crippen LogP) is 0.819. The highest BCUT2D eigenvalue weighted by molar-refractivity contribution is 5.92. The van der Waals surface area contributed by atoms with Gasteiger partial charge in [-0.3, -0.25) is 4.79 Å². The molecule has 5 nitrogen and oxygen atoms in total. The fourth-order valence-corrected chi connectivity index (χ4v) is 1.78. The van der Waals surface area contributed by atoms with Crippen LogP contribution in [-0.2, 0) is 6.54 Å². The van der Waals surface area contributed by atoms with Crippen LogP contribution in [0.15, 0.2) is 48.8 Å². The fraction of sp³-hybridized carbons (Fsp3) is 0.0714. The first-order chi connectivity index (χ1) is 9.06. The van der Waals surface area contributed by atoms with Crippen LogP contribution in [0.3, 0.4) is 0 Å².